The first kappa shape index (κ1) is 22.3. The summed E-state index contributed by atoms with van der Waals surface area (Å²) in [6.07, 6.45) is -20.6. The van der Waals surface area contributed by atoms with E-state index in [0.717, 1.165) is 6.92 Å². The second-order valence-corrected chi connectivity index (χ2v) is 6.23. The van der Waals surface area contributed by atoms with Crippen molar-refractivity contribution in [3.8, 4) is 0 Å². The first-order valence-electron chi connectivity index (χ1n) is 8.05. The molecule has 11 atom stereocenters. The van der Waals surface area contributed by atoms with E-state index in [0.29, 0.717) is 0 Å². The molecule has 0 radical (unpaired) electrons. The molecule has 0 aromatic rings. The molecule has 2 heterocycles. The number of rotatable bonds is 5. The zero-order valence-electron chi connectivity index (χ0n) is 14.1. The van der Waals surface area contributed by atoms with Crippen molar-refractivity contribution in [2.75, 3.05) is 6.61 Å². The van der Waals surface area contributed by atoms with Gasteiger partial charge in [0.05, 0.1) is 6.61 Å². The molecule has 158 valence electrons. The number of hydrogen-bond donors (Lipinski definition) is 7. The van der Waals surface area contributed by atoms with E-state index in [1.807, 2.05) is 0 Å². The molecule has 1 unspecified atom stereocenters. The van der Waals surface area contributed by atoms with Gasteiger partial charge >= 0.3 is 5.97 Å². The van der Waals surface area contributed by atoms with Crippen LogP contribution in [-0.4, -0.2) is 116 Å². The lowest BCUT2D eigenvalue weighted by Gasteiger charge is -2.45. The fourth-order valence-electron chi connectivity index (χ4n) is 2.82. The first-order chi connectivity index (χ1) is 12.6. The number of halogens is 1. The van der Waals surface area contributed by atoms with Crippen LogP contribution < -0.4 is 0 Å². The third kappa shape index (κ3) is 4.71. The Bertz CT molecular complexity index is 506. The van der Waals surface area contributed by atoms with E-state index in [9.17, 15) is 44.9 Å². The maximum atomic E-state index is 14.0. The SMILES string of the molecule is CC(=O)OC(F)[C@H]1O[C@@H](O[C@H]2[C@H](O)[C@@H](O)[C@H](O)O[C@@H]2CO)[C@H](O)[C@@H](O)[C@@H]1O. The Kier molecular flexibility index (Phi) is 7.43. The van der Waals surface area contributed by atoms with Gasteiger partial charge in [0.25, 0.3) is 6.36 Å². The van der Waals surface area contributed by atoms with Crippen LogP contribution in [0.1, 0.15) is 6.92 Å². The molecule has 0 bridgehead atoms. The highest BCUT2D eigenvalue weighted by Gasteiger charge is 2.52. The molecule has 2 aliphatic rings. The van der Waals surface area contributed by atoms with Gasteiger partial charge in [-0.05, 0) is 0 Å². The molecular weight excluding hydrogens is 379 g/mol. The van der Waals surface area contributed by atoms with Crippen molar-refractivity contribution >= 4 is 5.97 Å². The quantitative estimate of drug-likeness (QED) is 0.218. The van der Waals surface area contributed by atoms with Gasteiger partial charge in [0, 0.05) is 6.92 Å². The Balaban J connectivity index is 2.16. The Morgan fingerprint density at radius 1 is 1.00 bits per heavy atom. The molecule has 2 fully saturated rings. The Hall–Kier alpha value is -1.00. The highest BCUT2D eigenvalue weighted by Crippen LogP contribution is 2.30. The van der Waals surface area contributed by atoms with Crippen LogP contribution in [0.3, 0.4) is 0 Å². The second kappa shape index (κ2) is 9.00. The Morgan fingerprint density at radius 3 is 2.19 bits per heavy atom. The average molecular weight is 402 g/mol. The number of hydrogen-bond acceptors (Lipinski definition) is 12. The molecule has 7 N–H and O–H groups in total. The van der Waals surface area contributed by atoms with Gasteiger partial charge in [-0.1, -0.05) is 0 Å². The van der Waals surface area contributed by atoms with Gasteiger partial charge in [-0.3, -0.25) is 4.79 Å². The summed E-state index contributed by atoms with van der Waals surface area (Å²) in [5.74, 6) is -1.04. The van der Waals surface area contributed by atoms with Crippen LogP contribution in [-0.2, 0) is 23.7 Å². The van der Waals surface area contributed by atoms with Crippen LogP contribution in [0.15, 0.2) is 0 Å². The molecule has 0 spiro atoms. The van der Waals surface area contributed by atoms with Crippen molar-refractivity contribution in [1.82, 2.24) is 0 Å². The van der Waals surface area contributed by atoms with Crippen molar-refractivity contribution < 1.29 is 63.9 Å². The molecule has 27 heavy (non-hydrogen) atoms. The average Bonchev–Trinajstić information content (AvgIpc) is 2.61. The van der Waals surface area contributed by atoms with E-state index in [1.54, 1.807) is 0 Å². The van der Waals surface area contributed by atoms with E-state index in [1.165, 1.54) is 0 Å². The van der Waals surface area contributed by atoms with Gasteiger partial charge in [-0.2, -0.15) is 4.39 Å². The predicted octanol–water partition coefficient (Wildman–Crippen LogP) is -4.53. The van der Waals surface area contributed by atoms with E-state index in [4.69, 9.17) is 14.2 Å². The molecule has 0 amide bonds. The number of carbonyl (C=O) groups is 1. The molecule has 2 saturated heterocycles. The van der Waals surface area contributed by atoms with Gasteiger partial charge in [0.1, 0.15) is 42.7 Å². The van der Waals surface area contributed by atoms with Crippen LogP contribution in [0.5, 0.6) is 0 Å². The molecule has 12 nitrogen and oxygen atoms in total. The number of esters is 1. The lowest BCUT2D eigenvalue weighted by molar-refractivity contribution is -0.363. The molecule has 0 aliphatic carbocycles. The van der Waals surface area contributed by atoms with Gasteiger partial charge in [0.2, 0.25) is 0 Å². The van der Waals surface area contributed by atoms with Crippen molar-refractivity contribution in [3.63, 3.8) is 0 Å². The fraction of sp³-hybridized carbons (Fsp3) is 0.929. The number of alkyl halides is 1. The Morgan fingerprint density at radius 2 is 1.63 bits per heavy atom. The maximum Gasteiger partial charge on any atom is 0.305 e. The van der Waals surface area contributed by atoms with Crippen LogP contribution in [0.2, 0.25) is 0 Å². The van der Waals surface area contributed by atoms with Gasteiger partial charge < -0.3 is 54.7 Å². The normalized spacial score (nSPS) is 46.7. The monoisotopic (exact) mass is 402 g/mol. The zero-order valence-corrected chi connectivity index (χ0v) is 14.1. The number of aliphatic hydroxyl groups excluding tert-OH is 7. The summed E-state index contributed by atoms with van der Waals surface area (Å²) in [6.45, 7) is 0.122. The molecule has 0 aromatic carbocycles. The summed E-state index contributed by atoms with van der Waals surface area (Å²) in [5, 5.41) is 68.1. The van der Waals surface area contributed by atoms with Crippen LogP contribution in [0, 0.1) is 0 Å². The number of ether oxygens (including phenoxy) is 4. The third-order valence-corrected chi connectivity index (χ3v) is 4.27. The van der Waals surface area contributed by atoms with Crippen molar-refractivity contribution in [3.05, 3.63) is 0 Å². The fourth-order valence-corrected chi connectivity index (χ4v) is 2.82. The minimum absolute atomic E-state index is 0.776. The van der Waals surface area contributed by atoms with Gasteiger partial charge in [-0.25, -0.2) is 0 Å². The first-order valence-corrected chi connectivity index (χ1v) is 8.05. The van der Waals surface area contributed by atoms with E-state index in [2.05, 4.69) is 4.74 Å². The summed E-state index contributed by atoms with van der Waals surface area (Å²) in [5.41, 5.74) is 0. The van der Waals surface area contributed by atoms with E-state index >= 15 is 0 Å². The third-order valence-electron chi connectivity index (χ3n) is 4.27. The second-order valence-electron chi connectivity index (χ2n) is 6.23. The predicted molar refractivity (Wildman–Crippen MR) is 78.2 cm³/mol. The lowest BCUT2D eigenvalue weighted by Crippen LogP contribution is -2.65. The number of carbonyl (C=O) groups excluding carboxylic acids is 1. The highest BCUT2D eigenvalue weighted by atomic mass is 19.1. The standard InChI is InChI=1S/C14H23FO12/c1-3(17)24-12(15)11-6(19)5(18)9(22)14(27-11)26-10-4(2-16)25-13(23)8(21)7(10)20/h4-14,16,18-23H,2H2,1H3/t4-,5+,6+,7-,8-,9-,10-,11+,12?,13-,14-/m1/s1. The molecule has 0 aromatic heterocycles. The lowest BCUT2D eigenvalue weighted by atomic mass is 9.97. The summed E-state index contributed by atoms with van der Waals surface area (Å²) in [6, 6.07) is 0. The molecular formula is C14H23FO12. The molecule has 2 aliphatic heterocycles. The van der Waals surface area contributed by atoms with Crippen molar-refractivity contribution in [2.24, 2.45) is 0 Å². The molecule has 2 rings (SSSR count). The highest BCUT2D eigenvalue weighted by molar-refractivity contribution is 5.66. The van der Waals surface area contributed by atoms with Crippen LogP contribution in [0.4, 0.5) is 4.39 Å². The number of aliphatic hydroxyl groups is 7. The molecule has 13 heteroatoms. The maximum absolute atomic E-state index is 14.0. The largest absolute Gasteiger partial charge is 0.428 e. The van der Waals surface area contributed by atoms with Crippen LogP contribution in [0.25, 0.3) is 0 Å². The minimum atomic E-state index is -2.51. The van der Waals surface area contributed by atoms with Crippen LogP contribution >= 0.6 is 0 Å². The van der Waals surface area contributed by atoms with E-state index in [-0.39, 0.29) is 0 Å². The minimum Gasteiger partial charge on any atom is -0.428 e. The summed E-state index contributed by atoms with van der Waals surface area (Å²) in [4.78, 5) is 10.9. The summed E-state index contributed by atoms with van der Waals surface area (Å²) >= 11 is 0. The topological polar surface area (TPSA) is 196 Å². The Labute approximate surface area is 152 Å². The van der Waals surface area contributed by atoms with Crippen molar-refractivity contribution in [1.29, 1.82) is 0 Å². The summed E-state index contributed by atoms with van der Waals surface area (Å²) in [7, 11) is 0. The smallest absolute Gasteiger partial charge is 0.305 e. The summed E-state index contributed by atoms with van der Waals surface area (Å²) < 4.78 is 33.4. The van der Waals surface area contributed by atoms with Gasteiger partial charge in [-0.15, -0.1) is 0 Å². The van der Waals surface area contributed by atoms with Gasteiger partial charge in [0.15, 0.2) is 18.7 Å². The zero-order chi connectivity index (χ0) is 20.5. The van der Waals surface area contributed by atoms with E-state index < -0.39 is 80.3 Å². The molecule has 0 saturated carbocycles. The van der Waals surface area contributed by atoms with Crippen molar-refractivity contribution in [2.45, 2.75) is 74.7 Å².